The van der Waals surface area contributed by atoms with Gasteiger partial charge in [0.15, 0.2) is 0 Å². The number of aromatic nitrogens is 1. The standard InChI is InChI=1S/C11H12N2O2.C10H20O2.C6H10O4/c12-9(11(14)15)5-7-6-13-10-4-2-1-3-8(7)10;1-2-3-4-5-6-7-8-9-10(11)12;7-5(8)3-1-2-4-6(9)10/h1-4,6,9,13H,5,12H2,(H,14,15);2-9H2,1H3,(H,11,12);1-4H2,(H,7,8)(H,9,10)/t9-;;/m0../s1. The quantitative estimate of drug-likeness (QED) is 0.164. The van der Waals surface area contributed by atoms with Crippen LogP contribution in [0.25, 0.3) is 10.9 Å². The summed E-state index contributed by atoms with van der Waals surface area (Å²) in [7, 11) is 0. The molecular weight excluding hydrogens is 480 g/mol. The predicted octanol–water partition coefficient (Wildman–Crippen LogP) is 5.05. The Morgan fingerprint density at radius 1 is 0.757 bits per heavy atom. The average molecular weight is 523 g/mol. The molecule has 0 spiro atoms. The first kappa shape index (κ1) is 33.6. The van der Waals surface area contributed by atoms with Gasteiger partial charge >= 0.3 is 23.9 Å². The molecule has 10 nitrogen and oxygen atoms in total. The second kappa shape index (κ2) is 20.8. The molecular formula is C27H42N2O8. The van der Waals surface area contributed by atoms with Gasteiger partial charge in [-0.15, -0.1) is 0 Å². The minimum Gasteiger partial charge on any atom is -0.481 e. The van der Waals surface area contributed by atoms with Crippen LogP contribution < -0.4 is 5.73 Å². The molecule has 2 rings (SSSR count). The van der Waals surface area contributed by atoms with Crippen LogP contribution in [-0.4, -0.2) is 55.3 Å². The van der Waals surface area contributed by atoms with Gasteiger partial charge < -0.3 is 31.1 Å². The van der Waals surface area contributed by atoms with E-state index >= 15 is 0 Å². The lowest BCUT2D eigenvalue weighted by Crippen LogP contribution is -2.32. The summed E-state index contributed by atoms with van der Waals surface area (Å²) >= 11 is 0. The first-order valence-electron chi connectivity index (χ1n) is 12.8. The number of fused-ring (bicyclic) bond motifs is 1. The fraction of sp³-hybridized carbons (Fsp3) is 0.556. The van der Waals surface area contributed by atoms with Gasteiger partial charge in [-0.3, -0.25) is 19.2 Å². The average Bonchev–Trinajstić information content (AvgIpc) is 3.24. The Morgan fingerprint density at radius 3 is 1.70 bits per heavy atom. The molecule has 0 aliphatic rings. The van der Waals surface area contributed by atoms with Crippen LogP contribution in [0.5, 0.6) is 0 Å². The van der Waals surface area contributed by atoms with E-state index in [2.05, 4.69) is 11.9 Å². The van der Waals surface area contributed by atoms with Gasteiger partial charge in [0, 0.05) is 42.8 Å². The fourth-order valence-electron chi connectivity index (χ4n) is 3.41. The van der Waals surface area contributed by atoms with Crippen molar-refractivity contribution in [3.63, 3.8) is 0 Å². The second-order valence-corrected chi connectivity index (χ2v) is 8.77. The molecule has 1 aromatic carbocycles. The summed E-state index contributed by atoms with van der Waals surface area (Å²) in [6.45, 7) is 2.20. The Balaban J connectivity index is 0.000000540. The highest BCUT2D eigenvalue weighted by atomic mass is 16.4. The number of carboxylic acid groups (broad SMARTS) is 4. The molecule has 2 aromatic rings. The number of carboxylic acids is 4. The maximum absolute atomic E-state index is 10.6. The number of nitrogens with two attached hydrogens (primary N) is 1. The summed E-state index contributed by atoms with van der Waals surface area (Å²) in [5.41, 5.74) is 7.43. The molecule has 0 fully saturated rings. The second-order valence-electron chi connectivity index (χ2n) is 8.77. The topological polar surface area (TPSA) is 191 Å². The number of aliphatic carboxylic acids is 4. The highest BCUT2D eigenvalue weighted by Crippen LogP contribution is 2.18. The number of aromatic amines is 1. The Hall–Kier alpha value is -3.40. The van der Waals surface area contributed by atoms with Crippen LogP contribution >= 0.6 is 0 Å². The van der Waals surface area contributed by atoms with E-state index in [1.807, 2.05) is 30.5 Å². The van der Waals surface area contributed by atoms with Crippen molar-refractivity contribution in [2.75, 3.05) is 0 Å². The van der Waals surface area contributed by atoms with E-state index in [1.165, 1.54) is 32.1 Å². The Morgan fingerprint density at radius 2 is 1.22 bits per heavy atom. The Bertz CT molecular complexity index is 925. The Kier molecular flexibility index (Phi) is 18.9. The van der Waals surface area contributed by atoms with E-state index in [0.717, 1.165) is 29.3 Å². The number of H-pyrrole nitrogens is 1. The molecule has 0 saturated heterocycles. The van der Waals surface area contributed by atoms with E-state index in [9.17, 15) is 19.2 Å². The molecule has 0 aliphatic carbocycles. The maximum Gasteiger partial charge on any atom is 0.320 e. The minimum atomic E-state index is -0.972. The number of hydrogen-bond donors (Lipinski definition) is 6. The number of benzene rings is 1. The largest absolute Gasteiger partial charge is 0.481 e. The number of unbranched alkanes of at least 4 members (excludes halogenated alkanes) is 7. The lowest BCUT2D eigenvalue weighted by atomic mass is 10.1. The van der Waals surface area contributed by atoms with Crippen LogP contribution in [0.2, 0.25) is 0 Å². The van der Waals surface area contributed by atoms with E-state index in [4.69, 9.17) is 26.2 Å². The van der Waals surface area contributed by atoms with E-state index in [0.29, 0.717) is 25.7 Å². The number of nitrogens with one attached hydrogen (secondary N) is 1. The van der Waals surface area contributed by atoms with Gasteiger partial charge in [0.25, 0.3) is 0 Å². The van der Waals surface area contributed by atoms with Crippen molar-refractivity contribution >= 4 is 34.8 Å². The van der Waals surface area contributed by atoms with Crippen molar-refractivity contribution in [1.29, 1.82) is 0 Å². The van der Waals surface area contributed by atoms with Crippen molar-refractivity contribution in [2.24, 2.45) is 5.73 Å². The van der Waals surface area contributed by atoms with Crippen molar-refractivity contribution < 1.29 is 39.6 Å². The molecule has 0 aliphatic heterocycles. The van der Waals surface area contributed by atoms with Gasteiger partial charge in [-0.05, 0) is 30.9 Å². The smallest absolute Gasteiger partial charge is 0.320 e. The van der Waals surface area contributed by atoms with Gasteiger partial charge in [0.1, 0.15) is 6.04 Å². The number of carbonyl (C=O) groups is 4. The van der Waals surface area contributed by atoms with Crippen molar-refractivity contribution in [2.45, 2.75) is 96.4 Å². The van der Waals surface area contributed by atoms with Crippen molar-refractivity contribution in [3.8, 4) is 0 Å². The molecule has 7 N–H and O–H groups in total. The lowest BCUT2D eigenvalue weighted by molar-refractivity contribution is -0.139. The van der Waals surface area contributed by atoms with Gasteiger partial charge in [0.05, 0.1) is 0 Å². The monoisotopic (exact) mass is 522 g/mol. The minimum absolute atomic E-state index is 0.0628. The molecule has 1 heterocycles. The zero-order valence-corrected chi connectivity index (χ0v) is 21.7. The van der Waals surface area contributed by atoms with Crippen molar-refractivity contribution in [1.82, 2.24) is 4.98 Å². The first-order valence-corrected chi connectivity index (χ1v) is 12.8. The summed E-state index contributed by atoms with van der Waals surface area (Å²) in [5.74, 6) is -3.38. The number of rotatable bonds is 16. The van der Waals surface area contributed by atoms with Gasteiger partial charge in [-0.25, -0.2) is 0 Å². The molecule has 0 saturated carbocycles. The van der Waals surface area contributed by atoms with E-state index < -0.39 is 29.9 Å². The zero-order chi connectivity index (χ0) is 28.1. The van der Waals surface area contributed by atoms with Crippen LogP contribution in [0.1, 0.15) is 89.5 Å². The summed E-state index contributed by atoms with van der Waals surface area (Å²) in [6.07, 6.45) is 11.8. The molecule has 0 amide bonds. The molecule has 208 valence electrons. The third-order valence-electron chi connectivity index (χ3n) is 5.46. The Labute approximate surface area is 217 Å². The molecule has 0 radical (unpaired) electrons. The summed E-state index contributed by atoms with van der Waals surface area (Å²) in [6, 6.07) is 6.91. The molecule has 0 unspecified atom stereocenters. The van der Waals surface area contributed by atoms with Crippen molar-refractivity contribution in [3.05, 3.63) is 36.0 Å². The van der Waals surface area contributed by atoms with Crippen LogP contribution in [0, 0.1) is 0 Å². The molecule has 1 aromatic heterocycles. The third-order valence-corrected chi connectivity index (χ3v) is 5.46. The van der Waals surface area contributed by atoms with Crippen LogP contribution in [0.4, 0.5) is 0 Å². The van der Waals surface area contributed by atoms with Gasteiger partial charge in [-0.1, -0.05) is 63.6 Å². The SMILES string of the molecule is CCCCCCCCCC(=O)O.N[C@@H](Cc1c[nH]c2ccccc12)C(=O)O.O=C(O)CCCCC(=O)O. The molecule has 10 heteroatoms. The highest BCUT2D eigenvalue weighted by Gasteiger charge is 2.14. The molecule has 0 bridgehead atoms. The fourth-order valence-corrected chi connectivity index (χ4v) is 3.41. The van der Waals surface area contributed by atoms with E-state index in [1.54, 1.807) is 0 Å². The first-order chi connectivity index (χ1) is 17.6. The molecule has 37 heavy (non-hydrogen) atoms. The lowest BCUT2D eigenvalue weighted by Gasteiger charge is -2.04. The van der Waals surface area contributed by atoms with Crippen LogP contribution in [0.15, 0.2) is 30.5 Å². The zero-order valence-electron chi connectivity index (χ0n) is 21.7. The highest BCUT2D eigenvalue weighted by molar-refractivity contribution is 5.84. The third kappa shape index (κ3) is 18.5. The normalized spacial score (nSPS) is 11.0. The van der Waals surface area contributed by atoms with Gasteiger partial charge in [-0.2, -0.15) is 0 Å². The number of hydrogen-bond acceptors (Lipinski definition) is 5. The van der Waals surface area contributed by atoms with Crippen LogP contribution in [0.3, 0.4) is 0 Å². The van der Waals surface area contributed by atoms with Gasteiger partial charge in [0.2, 0.25) is 0 Å². The molecule has 1 atom stereocenters. The predicted molar refractivity (Wildman–Crippen MR) is 142 cm³/mol. The summed E-state index contributed by atoms with van der Waals surface area (Å²) in [4.78, 5) is 43.6. The number of para-hydroxylation sites is 1. The summed E-state index contributed by atoms with van der Waals surface area (Å²) in [5, 5.41) is 34.4. The van der Waals surface area contributed by atoms with Crippen LogP contribution in [-0.2, 0) is 25.6 Å². The van der Waals surface area contributed by atoms with E-state index in [-0.39, 0.29) is 12.8 Å². The summed E-state index contributed by atoms with van der Waals surface area (Å²) < 4.78 is 0. The maximum atomic E-state index is 10.6.